The Labute approximate surface area is 134 Å². The lowest BCUT2D eigenvalue weighted by atomic mass is 10.3. The van der Waals surface area contributed by atoms with Crippen molar-refractivity contribution in [3.05, 3.63) is 42.7 Å². The number of pyridine rings is 2. The fraction of sp³-hybridized carbons (Fsp3) is 0.312. The van der Waals surface area contributed by atoms with Crippen LogP contribution < -0.4 is 15.0 Å². The van der Waals surface area contributed by atoms with Crippen LogP contribution in [0, 0.1) is 0 Å². The normalized spacial score (nSPS) is 14.5. The third-order valence-corrected chi connectivity index (χ3v) is 3.74. The summed E-state index contributed by atoms with van der Waals surface area (Å²) in [4.78, 5) is 24.7. The summed E-state index contributed by atoms with van der Waals surface area (Å²) in [5, 5.41) is 2.85. The number of carbonyl (C=O) groups excluding carboxylic acids is 1. The van der Waals surface area contributed by atoms with E-state index in [0.717, 1.165) is 18.9 Å². The van der Waals surface area contributed by atoms with Gasteiger partial charge in [-0.1, -0.05) is 6.07 Å². The first-order valence-electron chi connectivity index (χ1n) is 7.48. The maximum absolute atomic E-state index is 12.3. The molecule has 0 aliphatic carbocycles. The number of piperazine rings is 1. The van der Waals surface area contributed by atoms with Crippen LogP contribution >= 0.6 is 0 Å². The maximum Gasteiger partial charge on any atom is 0.322 e. The Morgan fingerprint density at radius 2 is 1.96 bits per heavy atom. The molecule has 1 aliphatic heterocycles. The topological polar surface area (TPSA) is 70.6 Å². The van der Waals surface area contributed by atoms with Gasteiger partial charge in [-0.05, 0) is 18.2 Å². The number of ether oxygens (including phenoxy) is 1. The number of methoxy groups -OCH3 is 1. The average molecular weight is 313 g/mol. The van der Waals surface area contributed by atoms with Crippen LogP contribution in [0.5, 0.6) is 5.88 Å². The van der Waals surface area contributed by atoms with Crippen molar-refractivity contribution in [2.24, 2.45) is 0 Å². The number of nitrogens with zero attached hydrogens (tertiary/aromatic N) is 4. The predicted molar refractivity (Wildman–Crippen MR) is 87.8 cm³/mol. The molecule has 7 heteroatoms. The fourth-order valence-corrected chi connectivity index (χ4v) is 2.46. The number of hydrogen-bond acceptors (Lipinski definition) is 5. The van der Waals surface area contributed by atoms with Gasteiger partial charge in [-0.15, -0.1) is 0 Å². The minimum Gasteiger partial charge on any atom is -0.481 e. The van der Waals surface area contributed by atoms with Crippen molar-refractivity contribution in [3.63, 3.8) is 0 Å². The quantitative estimate of drug-likeness (QED) is 0.936. The molecule has 2 amide bonds. The number of aromatic nitrogens is 2. The lowest BCUT2D eigenvalue weighted by molar-refractivity contribution is 0.208. The van der Waals surface area contributed by atoms with Crippen LogP contribution in [0.1, 0.15) is 0 Å². The highest BCUT2D eigenvalue weighted by molar-refractivity contribution is 5.89. The third-order valence-electron chi connectivity index (χ3n) is 3.74. The third kappa shape index (κ3) is 3.68. The van der Waals surface area contributed by atoms with E-state index in [4.69, 9.17) is 4.74 Å². The van der Waals surface area contributed by atoms with E-state index in [2.05, 4.69) is 20.2 Å². The van der Waals surface area contributed by atoms with E-state index in [9.17, 15) is 4.79 Å². The molecular formula is C16H19N5O2. The molecule has 0 spiro atoms. The molecule has 1 N–H and O–H groups in total. The molecule has 0 saturated carbocycles. The van der Waals surface area contributed by atoms with Crippen molar-refractivity contribution >= 4 is 17.5 Å². The van der Waals surface area contributed by atoms with Crippen LogP contribution in [0.25, 0.3) is 0 Å². The lowest BCUT2D eigenvalue weighted by Gasteiger charge is -2.35. The highest BCUT2D eigenvalue weighted by Gasteiger charge is 2.21. The molecule has 1 fully saturated rings. The van der Waals surface area contributed by atoms with E-state index in [1.54, 1.807) is 36.5 Å². The molecule has 3 rings (SSSR count). The minimum atomic E-state index is -0.113. The molecule has 2 aromatic heterocycles. The van der Waals surface area contributed by atoms with E-state index in [0.29, 0.717) is 24.7 Å². The van der Waals surface area contributed by atoms with Crippen molar-refractivity contribution in [1.29, 1.82) is 0 Å². The highest BCUT2D eigenvalue weighted by Crippen LogP contribution is 2.15. The van der Waals surface area contributed by atoms with Gasteiger partial charge in [0, 0.05) is 38.4 Å². The molecule has 120 valence electrons. The zero-order valence-electron chi connectivity index (χ0n) is 13.0. The molecule has 1 aliphatic rings. The molecular weight excluding hydrogens is 294 g/mol. The maximum atomic E-state index is 12.3. The molecule has 0 atom stereocenters. The van der Waals surface area contributed by atoms with Crippen LogP contribution in [0.4, 0.5) is 16.3 Å². The summed E-state index contributed by atoms with van der Waals surface area (Å²) in [5.74, 6) is 1.47. The van der Waals surface area contributed by atoms with Crippen LogP contribution in [0.15, 0.2) is 42.7 Å². The summed E-state index contributed by atoms with van der Waals surface area (Å²) >= 11 is 0. The summed E-state index contributed by atoms with van der Waals surface area (Å²) in [5.41, 5.74) is 0.656. The van der Waals surface area contributed by atoms with Crippen LogP contribution in [0.2, 0.25) is 0 Å². The molecule has 0 aromatic carbocycles. The van der Waals surface area contributed by atoms with E-state index in [1.165, 1.54) is 0 Å². The van der Waals surface area contributed by atoms with E-state index < -0.39 is 0 Å². The van der Waals surface area contributed by atoms with Gasteiger partial charge in [0.25, 0.3) is 0 Å². The van der Waals surface area contributed by atoms with Crippen LogP contribution in [0.3, 0.4) is 0 Å². The SMILES string of the molecule is COc1ccc(NC(=O)N2CCN(c3ccccn3)CC2)cn1. The van der Waals surface area contributed by atoms with Crippen molar-refractivity contribution in [1.82, 2.24) is 14.9 Å². The van der Waals surface area contributed by atoms with Gasteiger partial charge in [0.2, 0.25) is 5.88 Å². The summed E-state index contributed by atoms with van der Waals surface area (Å²) in [7, 11) is 1.56. The molecule has 2 aromatic rings. The van der Waals surface area contributed by atoms with Crippen LogP contribution in [-0.2, 0) is 0 Å². The van der Waals surface area contributed by atoms with Gasteiger partial charge in [0.05, 0.1) is 19.0 Å². The summed E-state index contributed by atoms with van der Waals surface area (Å²) < 4.78 is 5.00. The summed E-state index contributed by atoms with van der Waals surface area (Å²) in [6.07, 6.45) is 3.37. The minimum absolute atomic E-state index is 0.113. The van der Waals surface area contributed by atoms with Crippen molar-refractivity contribution < 1.29 is 9.53 Å². The fourth-order valence-electron chi connectivity index (χ4n) is 2.46. The Balaban J connectivity index is 1.53. The second-order valence-electron chi connectivity index (χ2n) is 5.18. The van der Waals surface area contributed by atoms with Gasteiger partial charge in [-0.25, -0.2) is 14.8 Å². The first-order chi connectivity index (χ1) is 11.3. The zero-order valence-corrected chi connectivity index (χ0v) is 13.0. The molecule has 0 radical (unpaired) electrons. The zero-order chi connectivity index (χ0) is 16.1. The number of hydrogen-bond donors (Lipinski definition) is 1. The average Bonchev–Trinajstić information content (AvgIpc) is 2.63. The first kappa shape index (κ1) is 15.1. The van der Waals surface area contributed by atoms with Gasteiger partial charge in [-0.2, -0.15) is 0 Å². The molecule has 23 heavy (non-hydrogen) atoms. The molecule has 0 unspecified atom stereocenters. The largest absolute Gasteiger partial charge is 0.481 e. The van der Waals surface area contributed by atoms with Crippen molar-refractivity contribution in [2.45, 2.75) is 0 Å². The number of carbonyl (C=O) groups is 1. The van der Waals surface area contributed by atoms with E-state index in [1.807, 2.05) is 18.2 Å². The summed E-state index contributed by atoms with van der Waals surface area (Å²) in [6, 6.07) is 9.23. The van der Waals surface area contributed by atoms with Crippen molar-refractivity contribution in [2.75, 3.05) is 43.5 Å². The van der Waals surface area contributed by atoms with Gasteiger partial charge < -0.3 is 19.9 Å². The molecule has 1 saturated heterocycles. The Hall–Kier alpha value is -2.83. The second-order valence-corrected chi connectivity index (χ2v) is 5.18. The second kappa shape index (κ2) is 6.95. The number of nitrogens with one attached hydrogen (secondary N) is 1. The predicted octanol–water partition coefficient (Wildman–Crippen LogP) is 1.84. The Morgan fingerprint density at radius 1 is 1.13 bits per heavy atom. The van der Waals surface area contributed by atoms with Crippen LogP contribution in [-0.4, -0.2) is 54.2 Å². The number of urea groups is 1. The van der Waals surface area contributed by atoms with Crippen molar-refractivity contribution in [3.8, 4) is 5.88 Å². The molecule has 0 bridgehead atoms. The Bertz CT molecular complexity index is 639. The van der Waals surface area contributed by atoms with E-state index in [-0.39, 0.29) is 6.03 Å². The van der Waals surface area contributed by atoms with E-state index >= 15 is 0 Å². The molecule has 7 nitrogen and oxygen atoms in total. The van der Waals surface area contributed by atoms with Gasteiger partial charge in [0.1, 0.15) is 5.82 Å². The van der Waals surface area contributed by atoms with Gasteiger partial charge in [0.15, 0.2) is 0 Å². The number of rotatable bonds is 3. The smallest absolute Gasteiger partial charge is 0.322 e. The highest BCUT2D eigenvalue weighted by atomic mass is 16.5. The first-order valence-corrected chi connectivity index (χ1v) is 7.48. The number of amides is 2. The van der Waals surface area contributed by atoms with Gasteiger partial charge in [-0.3, -0.25) is 0 Å². The molecule has 3 heterocycles. The van der Waals surface area contributed by atoms with Gasteiger partial charge >= 0.3 is 6.03 Å². The Morgan fingerprint density at radius 3 is 2.57 bits per heavy atom. The summed E-state index contributed by atoms with van der Waals surface area (Å²) in [6.45, 7) is 2.86. The lowest BCUT2D eigenvalue weighted by Crippen LogP contribution is -2.50. The standard InChI is InChI=1S/C16H19N5O2/c1-23-15-6-5-13(12-18-15)19-16(22)21-10-8-20(9-11-21)14-4-2-3-7-17-14/h2-7,12H,8-11H2,1H3,(H,19,22). The monoisotopic (exact) mass is 313 g/mol. The number of anilines is 2. The Kier molecular flexibility index (Phi) is 4.56.